The van der Waals surface area contributed by atoms with Crippen LogP contribution in [0.3, 0.4) is 0 Å². The van der Waals surface area contributed by atoms with E-state index in [2.05, 4.69) is 30.5 Å². The lowest BCUT2D eigenvalue weighted by molar-refractivity contribution is -0.116. The number of rotatable bonds is 2. The summed E-state index contributed by atoms with van der Waals surface area (Å²) < 4.78 is 4.55. The Morgan fingerprint density at radius 2 is 2.38 bits per heavy atom. The molecule has 0 unspecified atom stereocenters. The zero-order chi connectivity index (χ0) is 11.5. The molecule has 16 heavy (non-hydrogen) atoms. The second-order valence-electron chi connectivity index (χ2n) is 3.13. The van der Waals surface area contributed by atoms with Crippen LogP contribution < -0.4 is 5.32 Å². The maximum atomic E-state index is 10.9. The summed E-state index contributed by atoms with van der Waals surface area (Å²) in [6.45, 7) is 3.52. The van der Waals surface area contributed by atoms with Crippen LogP contribution in [0.1, 0.15) is 18.3 Å². The minimum atomic E-state index is -0.0594. The minimum Gasteiger partial charge on any atom is -0.303 e. The van der Waals surface area contributed by atoms with E-state index in [-0.39, 0.29) is 5.91 Å². The van der Waals surface area contributed by atoms with E-state index >= 15 is 0 Å². The van der Waals surface area contributed by atoms with Crippen LogP contribution in [0.2, 0.25) is 0 Å². The van der Waals surface area contributed by atoms with Gasteiger partial charge in [-0.05, 0) is 19.0 Å². The molecule has 1 N–H and O–H groups in total. The van der Waals surface area contributed by atoms with E-state index < -0.39 is 0 Å². The van der Waals surface area contributed by atoms with Crippen molar-refractivity contribution in [3.63, 3.8) is 0 Å². The molecule has 0 bridgehead atoms. The zero-order valence-electron chi connectivity index (χ0n) is 8.72. The van der Waals surface area contributed by atoms with Crippen molar-refractivity contribution in [3.05, 3.63) is 11.4 Å². The van der Waals surface area contributed by atoms with Crippen molar-refractivity contribution >= 4 is 28.5 Å². The number of nitrogens with zero attached hydrogens (tertiary/aromatic N) is 4. The van der Waals surface area contributed by atoms with Gasteiger partial charge in [0, 0.05) is 0 Å². The molecule has 0 atom stereocenters. The van der Waals surface area contributed by atoms with E-state index in [1.54, 1.807) is 13.8 Å². The molecule has 0 aromatic carbocycles. The first-order chi connectivity index (χ1) is 7.66. The summed E-state index contributed by atoms with van der Waals surface area (Å²) in [6.07, 6.45) is 0. The molecule has 1 aliphatic heterocycles. The molecule has 8 heteroatoms. The van der Waals surface area contributed by atoms with E-state index in [9.17, 15) is 4.79 Å². The molecule has 1 aromatic rings. The van der Waals surface area contributed by atoms with E-state index in [1.807, 2.05) is 0 Å². The first-order valence-corrected chi connectivity index (χ1v) is 5.50. The molecule has 0 radical (unpaired) electrons. The maximum Gasteiger partial charge on any atom is 0.236 e. The van der Waals surface area contributed by atoms with Gasteiger partial charge >= 0.3 is 0 Å². The SMILES string of the molecule is C/C(=N\N=C1\NC(=O)CS1)c1nonc1C. The van der Waals surface area contributed by atoms with Crippen LogP contribution in [-0.4, -0.2) is 32.9 Å². The van der Waals surface area contributed by atoms with Gasteiger partial charge in [0.15, 0.2) is 10.9 Å². The Bertz CT molecular complexity index is 479. The highest BCUT2D eigenvalue weighted by Gasteiger charge is 2.16. The highest BCUT2D eigenvalue weighted by atomic mass is 32.2. The standard InChI is InChI=1S/C8H9N5O2S/c1-4(7-5(2)12-15-13-7)10-11-8-9-6(14)3-16-8/h3H2,1-2H3,(H,9,11,14)/b10-4+. The van der Waals surface area contributed by atoms with Gasteiger partial charge in [0.1, 0.15) is 5.69 Å². The molecule has 2 heterocycles. The fraction of sp³-hybridized carbons (Fsp3) is 0.375. The van der Waals surface area contributed by atoms with Gasteiger partial charge in [-0.25, -0.2) is 4.63 Å². The van der Waals surface area contributed by atoms with Crippen molar-refractivity contribution in [1.29, 1.82) is 0 Å². The quantitative estimate of drug-likeness (QED) is 0.592. The lowest BCUT2D eigenvalue weighted by Gasteiger charge is -1.93. The number of nitrogens with one attached hydrogen (secondary N) is 1. The molecule has 0 aliphatic carbocycles. The van der Waals surface area contributed by atoms with Crippen molar-refractivity contribution in [3.8, 4) is 0 Å². The number of amidine groups is 1. The molecule has 84 valence electrons. The smallest absolute Gasteiger partial charge is 0.236 e. The largest absolute Gasteiger partial charge is 0.303 e. The van der Waals surface area contributed by atoms with E-state index in [1.165, 1.54) is 11.8 Å². The topological polar surface area (TPSA) is 92.7 Å². The number of hydrogen-bond acceptors (Lipinski definition) is 7. The van der Waals surface area contributed by atoms with Gasteiger partial charge < -0.3 is 5.32 Å². The highest BCUT2D eigenvalue weighted by Crippen LogP contribution is 2.09. The van der Waals surface area contributed by atoms with Gasteiger partial charge in [-0.2, -0.15) is 5.10 Å². The minimum absolute atomic E-state index is 0.0594. The second-order valence-corrected chi connectivity index (χ2v) is 4.09. The molecule has 0 saturated carbocycles. The summed E-state index contributed by atoms with van der Waals surface area (Å²) >= 11 is 1.32. The summed E-state index contributed by atoms with van der Waals surface area (Å²) in [6, 6.07) is 0. The van der Waals surface area contributed by atoms with E-state index in [4.69, 9.17) is 0 Å². The van der Waals surface area contributed by atoms with Gasteiger partial charge in [0.05, 0.1) is 11.5 Å². The number of aromatic nitrogens is 2. The van der Waals surface area contributed by atoms with Crippen LogP contribution in [0.15, 0.2) is 14.8 Å². The average Bonchev–Trinajstić information content (AvgIpc) is 2.84. The van der Waals surface area contributed by atoms with Crippen LogP contribution in [0.25, 0.3) is 0 Å². The van der Waals surface area contributed by atoms with Crippen LogP contribution in [0.4, 0.5) is 0 Å². The lowest BCUT2D eigenvalue weighted by Crippen LogP contribution is -2.19. The molecule has 1 aliphatic rings. The third kappa shape index (κ3) is 2.27. The molecule has 7 nitrogen and oxygen atoms in total. The van der Waals surface area contributed by atoms with Crippen LogP contribution >= 0.6 is 11.8 Å². The Balaban J connectivity index is 2.14. The summed E-state index contributed by atoms with van der Waals surface area (Å²) in [5, 5.41) is 18.3. The summed E-state index contributed by atoms with van der Waals surface area (Å²) in [5.41, 5.74) is 1.82. The summed E-state index contributed by atoms with van der Waals surface area (Å²) in [4.78, 5) is 10.9. The van der Waals surface area contributed by atoms with Gasteiger partial charge in [0.25, 0.3) is 0 Å². The van der Waals surface area contributed by atoms with Gasteiger partial charge in [-0.1, -0.05) is 16.9 Å². The van der Waals surface area contributed by atoms with Crippen LogP contribution in [-0.2, 0) is 4.79 Å². The van der Waals surface area contributed by atoms with Gasteiger partial charge in [-0.3, -0.25) is 4.79 Å². The Kier molecular flexibility index (Phi) is 3.00. The first kappa shape index (κ1) is 10.8. The number of aryl methyl sites for hydroxylation is 1. The lowest BCUT2D eigenvalue weighted by atomic mass is 10.2. The predicted octanol–water partition coefficient (Wildman–Crippen LogP) is 0.321. The van der Waals surface area contributed by atoms with E-state index in [0.717, 1.165) is 0 Å². The van der Waals surface area contributed by atoms with E-state index in [0.29, 0.717) is 28.0 Å². The molecular formula is C8H9N5O2S. The van der Waals surface area contributed by atoms with Crippen LogP contribution in [0.5, 0.6) is 0 Å². The fourth-order valence-corrected chi connectivity index (χ4v) is 1.73. The van der Waals surface area contributed by atoms with Crippen molar-refractivity contribution in [2.75, 3.05) is 5.75 Å². The molecule has 0 spiro atoms. The highest BCUT2D eigenvalue weighted by molar-refractivity contribution is 8.15. The number of hydrogen-bond donors (Lipinski definition) is 1. The Morgan fingerprint density at radius 1 is 1.56 bits per heavy atom. The number of thioether (sulfide) groups is 1. The second kappa shape index (κ2) is 4.44. The molecular weight excluding hydrogens is 230 g/mol. The molecule has 1 amide bonds. The molecule has 2 rings (SSSR count). The Labute approximate surface area is 95.3 Å². The van der Waals surface area contributed by atoms with Crippen molar-refractivity contribution in [2.45, 2.75) is 13.8 Å². The monoisotopic (exact) mass is 239 g/mol. The van der Waals surface area contributed by atoms with Crippen molar-refractivity contribution in [2.24, 2.45) is 10.2 Å². The summed E-state index contributed by atoms with van der Waals surface area (Å²) in [5.74, 6) is 0.327. The first-order valence-electron chi connectivity index (χ1n) is 4.51. The van der Waals surface area contributed by atoms with Crippen molar-refractivity contribution < 1.29 is 9.42 Å². The molecule has 1 fully saturated rings. The maximum absolute atomic E-state index is 10.9. The average molecular weight is 239 g/mol. The number of carbonyl (C=O) groups excluding carboxylic acids is 1. The fourth-order valence-electron chi connectivity index (χ4n) is 1.11. The predicted molar refractivity (Wildman–Crippen MR) is 59.3 cm³/mol. The third-order valence-electron chi connectivity index (χ3n) is 1.87. The Hall–Kier alpha value is -1.70. The molecule has 1 aromatic heterocycles. The number of carbonyl (C=O) groups is 1. The third-order valence-corrected chi connectivity index (χ3v) is 2.74. The number of amides is 1. The van der Waals surface area contributed by atoms with Gasteiger partial charge in [-0.15, -0.1) is 5.10 Å². The van der Waals surface area contributed by atoms with Gasteiger partial charge in [0.2, 0.25) is 5.91 Å². The summed E-state index contributed by atoms with van der Waals surface area (Å²) in [7, 11) is 0. The molecule has 1 saturated heterocycles. The Morgan fingerprint density at radius 3 is 2.94 bits per heavy atom. The normalized spacial score (nSPS) is 19.2. The zero-order valence-corrected chi connectivity index (χ0v) is 9.54. The van der Waals surface area contributed by atoms with Crippen molar-refractivity contribution in [1.82, 2.24) is 15.6 Å². The van der Waals surface area contributed by atoms with Crippen LogP contribution in [0, 0.1) is 6.92 Å².